The Balaban J connectivity index is 1.78. The molecule has 0 aliphatic heterocycles. The number of fused-ring (bicyclic) bond motifs is 1. The van der Waals surface area contributed by atoms with Gasteiger partial charge in [0.2, 0.25) is 0 Å². The van der Waals surface area contributed by atoms with Gasteiger partial charge in [0, 0.05) is 10.9 Å². The molecule has 98 valence electrons. The minimum absolute atomic E-state index is 0.199. The van der Waals surface area contributed by atoms with E-state index in [1.54, 1.807) is 24.4 Å². The number of hydrogen-bond acceptors (Lipinski definition) is 4. The fraction of sp³-hybridized carbons (Fsp3) is 0. The summed E-state index contributed by atoms with van der Waals surface area (Å²) < 4.78 is 0. The van der Waals surface area contributed by atoms with Gasteiger partial charge in [0.25, 0.3) is 0 Å². The van der Waals surface area contributed by atoms with Crippen LogP contribution in [0, 0.1) is 0 Å². The topological polar surface area (TPSA) is 57.5 Å². The molecule has 0 saturated carbocycles. The Hall–Kier alpha value is -2.88. The largest absolute Gasteiger partial charge is 0.507 e. The smallest absolute Gasteiger partial charge is 0.146 e. The highest BCUT2D eigenvalue weighted by Crippen LogP contribution is 2.15. The number of aromatic hydroxyl groups is 1. The number of para-hydroxylation sites is 2. The van der Waals surface area contributed by atoms with Gasteiger partial charge in [-0.1, -0.05) is 30.3 Å². The molecule has 20 heavy (non-hydrogen) atoms. The molecule has 4 nitrogen and oxygen atoms in total. The fourth-order valence-electron chi connectivity index (χ4n) is 1.89. The maximum absolute atomic E-state index is 9.61. The summed E-state index contributed by atoms with van der Waals surface area (Å²) in [5.41, 5.74) is 4.43. The Morgan fingerprint density at radius 2 is 1.75 bits per heavy atom. The van der Waals surface area contributed by atoms with Crippen LogP contribution in [0.15, 0.2) is 65.8 Å². The van der Waals surface area contributed by atoms with Gasteiger partial charge in [-0.3, -0.25) is 5.43 Å². The lowest BCUT2D eigenvalue weighted by Crippen LogP contribution is -1.93. The maximum Gasteiger partial charge on any atom is 0.146 e. The maximum atomic E-state index is 9.61. The van der Waals surface area contributed by atoms with Crippen molar-refractivity contribution in [1.29, 1.82) is 0 Å². The van der Waals surface area contributed by atoms with Crippen LogP contribution in [0.2, 0.25) is 0 Å². The molecule has 1 heterocycles. The van der Waals surface area contributed by atoms with Gasteiger partial charge in [0.15, 0.2) is 0 Å². The molecule has 0 atom stereocenters. The third-order valence-electron chi connectivity index (χ3n) is 2.92. The first kappa shape index (κ1) is 12.2. The zero-order valence-corrected chi connectivity index (χ0v) is 10.7. The lowest BCUT2D eigenvalue weighted by molar-refractivity contribution is 0.474. The van der Waals surface area contributed by atoms with Crippen molar-refractivity contribution < 1.29 is 5.11 Å². The highest BCUT2D eigenvalue weighted by Gasteiger charge is 1.97. The summed E-state index contributed by atoms with van der Waals surface area (Å²) in [6.07, 6.45) is 1.56. The molecule has 0 radical (unpaired) electrons. The van der Waals surface area contributed by atoms with Crippen molar-refractivity contribution in [2.75, 3.05) is 5.43 Å². The minimum Gasteiger partial charge on any atom is -0.507 e. The third-order valence-corrected chi connectivity index (χ3v) is 2.92. The molecule has 3 rings (SSSR count). The van der Waals surface area contributed by atoms with Crippen LogP contribution in [0.5, 0.6) is 5.75 Å². The molecular weight excluding hydrogens is 250 g/mol. The summed E-state index contributed by atoms with van der Waals surface area (Å²) in [4.78, 5) is 4.44. The van der Waals surface area contributed by atoms with E-state index in [0.717, 1.165) is 10.9 Å². The van der Waals surface area contributed by atoms with E-state index >= 15 is 0 Å². The molecule has 0 saturated heterocycles. The number of rotatable bonds is 3. The molecule has 0 aliphatic rings. The van der Waals surface area contributed by atoms with Crippen molar-refractivity contribution in [3.05, 3.63) is 66.2 Å². The van der Waals surface area contributed by atoms with Gasteiger partial charge in [0.05, 0.1) is 11.7 Å². The average molecular weight is 263 g/mol. The molecule has 0 unspecified atom stereocenters. The molecule has 2 N–H and O–H groups in total. The number of hydrazone groups is 1. The second kappa shape index (κ2) is 5.40. The first-order valence-electron chi connectivity index (χ1n) is 6.26. The van der Waals surface area contributed by atoms with E-state index in [1.807, 2.05) is 42.5 Å². The van der Waals surface area contributed by atoms with Crippen LogP contribution < -0.4 is 5.43 Å². The number of phenolic OH excluding ortho intramolecular Hbond substituents is 1. The van der Waals surface area contributed by atoms with Crippen molar-refractivity contribution in [3.63, 3.8) is 0 Å². The van der Waals surface area contributed by atoms with Crippen LogP contribution in [0.3, 0.4) is 0 Å². The van der Waals surface area contributed by atoms with Gasteiger partial charge in [-0.05, 0) is 30.3 Å². The van der Waals surface area contributed by atoms with E-state index in [-0.39, 0.29) is 5.75 Å². The highest BCUT2D eigenvalue weighted by molar-refractivity contribution is 5.84. The molecule has 0 bridgehead atoms. The van der Waals surface area contributed by atoms with Crippen LogP contribution >= 0.6 is 0 Å². The summed E-state index contributed by atoms with van der Waals surface area (Å²) in [5, 5.41) is 14.8. The predicted molar refractivity (Wildman–Crippen MR) is 81.1 cm³/mol. The predicted octanol–water partition coefficient (Wildman–Crippen LogP) is 3.39. The van der Waals surface area contributed by atoms with Gasteiger partial charge in [0.1, 0.15) is 11.6 Å². The molecule has 2 aromatic carbocycles. The number of nitrogens with one attached hydrogen (secondary N) is 1. The van der Waals surface area contributed by atoms with E-state index in [0.29, 0.717) is 11.4 Å². The Bertz CT molecular complexity index is 768. The van der Waals surface area contributed by atoms with Gasteiger partial charge in [-0.15, -0.1) is 0 Å². The Morgan fingerprint density at radius 3 is 2.65 bits per heavy atom. The molecule has 0 aliphatic carbocycles. The molecule has 4 heteroatoms. The second-order valence-electron chi connectivity index (χ2n) is 4.32. The monoisotopic (exact) mass is 263 g/mol. The fourth-order valence-corrected chi connectivity index (χ4v) is 1.89. The molecule has 0 spiro atoms. The van der Waals surface area contributed by atoms with E-state index in [1.165, 1.54) is 0 Å². The lowest BCUT2D eigenvalue weighted by Gasteiger charge is -2.02. The van der Waals surface area contributed by atoms with E-state index in [2.05, 4.69) is 15.5 Å². The van der Waals surface area contributed by atoms with Crippen LogP contribution in [-0.2, 0) is 0 Å². The van der Waals surface area contributed by atoms with Gasteiger partial charge >= 0.3 is 0 Å². The van der Waals surface area contributed by atoms with Crippen molar-refractivity contribution in [3.8, 4) is 5.75 Å². The van der Waals surface area contributed by atoms with E-state index in [9.17, 15) is 5.11 Å². The SMILES string of the molecule is Oc1ccccc1/C=N/Nc1ccc2ccccc2n1. The van der Waals surface area contributed by atoms with Crippen molar-refractivity contribution >= 4 is 22.9 Å². The van der Waals surface area contributed by atoms with Crippen LogP contribution in [0.1, 0.15) is 5.56 Å². The van der Waals surface area contributed by atoms with Crippen molar-refractivity contribution in [2.24, 2.45) is 5.10 Å². The first-order chi connectivity index (χ1) is 9.83. The molecule has 3 aromatic rings. The zero-order valence-electron chi connectivity index (χ0n) is 10.7. The summed E-state index contributed by atoms with van der Waals surface area (Å²) in [6.45, 7) is 0. The van der Waals surface area contributed by atoms with Gasteiger partial charge < -0.3 is 5.11 Å². The zero-order chi connectivity index (χ0) is 13.8. The first-order valence-corrected chi connectivity index (χ1v) is 6.26. The number of anilines is 1. The molecule has 0 fully saturated rings. The molecular formula is C16H13N3O. The number of phenols is 1. The molecule has 1 aromatic heterocycles. The van der Waals surface area contributed by atoms with E-state index in [4.69, 9.17) is 0 Å². The van der Waals surface area contributed by atoms with Crippen molar-refractivity contribution in [1.82, 2.24) is 4.98 Å². The lowest BCUT2D eigenvalue weighted by atomic mass is 10.2. The normalized spacial score (nSPS) is 11.0. The number of aromatic nitrogens is 1. The van der Waals surface area contributed by atoms with Gasteiger partial charge in [-0.25, -0.2) is 4.98 Å². The molecule has 0 amide bonds. The van der Waals surface area contributed by atoms with Gasteiger partial charge in [-0.2, -0.15) is 5.10 Å². The van der Waals surface area contributed by atoms with E-state index < -0.39 is 0 Å². The Labute approximate surface area is 116 Å². The standard InChI is InChI=1S/C16H13N3O/c20-15-8-4-2-6-13(15)11-17-19-16-10-9-12-5-1-3-7-14(12)18-16/h1-11,20H,(H,18,19)/b17-11+. The summed E-state index contributed by atoms with van der Waals surface area (Å²) in [6, 6.07) is 18.8. The second-order valence-corrected chi connectivity index (χ2v) is 4.32. The van der Waals surface area contributed by atoms with Crippen molar-refractivity contribution in [2.45, 2.75) is 0 Å². The number of hydrogen-bond donors (Lipinski definition) is 2. The summed E-state index contributed by atoms with van der Waals surface area (Å²) >= 11 is 0. The minimum atomic E-state index is 0.199. The third kappa shape index (κ3) is 2.59. The summed E-state index contributed by atoms with van der Waals surface area (Å²) in [7, 11) is 0. The number of pyridine rings is 1. The number of nitrogens with zero attached hydrogens (tertiary/aromatic N) is 2. The highest BCUT2D eigenvalue weighted by atomic mass is 16.3. The summed E-state index contributed by atoms with van der Waals surface area (Å²) in [5.74, 6) is 0.861. The van der Waals surface area contributed by atoms with Crippen LogP contribution in [-0.4, -0.2) is 16.3 Å². The number of benzene rings is 2. The van der Waals surface area contributed by atoms with Crippen LogP contribution in [0.4, 0.5) is 5.82 Å². The Kier molecular flexibility index (Phi) is 3.29. The van der Waals surface area contributed by atoms with Crippen LogP contribution in [0.25, 0.3) is 10.9 Å². The quantitative estimate of drug-likeness (QED) is 0.562. The average Bonchev–Trinajstić information content (AvgIpc) is 2.49. The Morgan fingerprint density at radius 1 is 0.950 bits per heavy atom.